The number of sulfonamides is 1. The maximum atomic E-state index is 13.1. The fraction of sp³-hybridized carbons (Fsp3) is 0.333. The first-order valence-corrected chi connectivity index (χ1v) is 10.7. The van der Waals surface area contributed by atoms with E-state index in [-0.39, 0.29) is 12.5 Å². The van der Waals surface area contributed by atoms with Crippen LogP contribution in [-0.4, -0.2) is 54.2 Å². The van der Waals surface area contributed by atoms with Crippen LogP contribution in [0.25, 0.3) is 11.0 Å². The Balaban J connectivity index is 1.96. The summed E-state index contributed by atoms with van der Waals surface area (Å²) in [5, 5.41) is 0. The molecule has 0 aliphatic carbocycles. The van der Waals surface area contributed by atoms with Crippen LogP contribution in [0.3, 0.4) is 0 Å². The molecule has 0 saturated heterocycles. The highest BCUT2D eigenvalue weighted by atomic mass is 32.2. The van der Waals surface area contributed by atoms with Gasteiger partial charge in [-0.15, -0.1) is 0 Å². The Labute approximate surface area is 171 Å². The van der Waals surface area contributed by atoms with Crippen molar-refractivity contribution in [1.82, 2.24) is 18.8 Å². The predicted molar refractivity (Wildman–Crippen MR) is 113 cm³/mol. The maximum absolute atomic E-state index is 13.1. The number of nitrogens with zero attached hydrogens (tertiary/aromatic N) is 4. The molecule has 154 valence electrons. The fourth-order valence-electron chi connectivity index (χ4n) is 3.22. The third-order valence-electron chi connectivity index (χ3n) is 5.02. The molecule has 1 amide bonds. The summed E-state index contributed by atoms with van der Waals surface area (Å²) < 4.78 is 29.3. The van der Waals surface area contributed by atoms with E-state index in [0.717, 1.165) is 11.1 Å². The molecular formula is C21H26N4O3S. The van der Waals surface area contributed by atoms with Crippen molar-refractivity contribution >= 4 is 27.0 Å². The molecule has 29 heavy (non-hydrogen) atoms. The molecule has 0 bridgehead atoms. The van der Waals surface area contributed by atoms with Gasteiger partial charge in [-0.25, -0.2) is 13.4 Å². The average molecular weight is 415 g/mol. The average Bonchev–Trinajstić information content (AvgIpc) is 2.97. The Morgan fingerprint density at radius 3 is 2.41 bits per heavy atom. The summed E-state index contributed by atoms with van der Waals surface area (Å²) in [5.41, 5.74) is 3.65. The van der Waals surface area contributed by atoms with Crippen molar-refractivity contribution in [3.63, 3.8) is 0 Å². The normalized spacial score (nSPS) is 12.0. The minimum absolute atomic E-state index is 0.103. The number of fused-ring (bicyclic) bond motifs is 1. The van der Waals surface area contributed by atoms with Crippen LogP contribution >= 0.6 is 0 Å². The lowest BCUT2D eigenvalue weighted by molar-refractivity contribution is 0.0827. The minimum atomic E-state index is -3.66. The molecule has 3 rings (SSSR count). The van der Waals surface area contributed by atoms with Gasteiger partial charge in [-0.1, -0.05) is 12.1 Å². The molecule has 3 aromatic rings. The fourth-order valence-corrected chi connectivity index (χ4v) is 4.65. The molecule has 1 heterocycles. The van der Waals surface area contributed by atoms with E-state index in [1.54, 1.807) is 46.3 Å². The summed E-state index contributed by atoms with van der Waals surface area (Å²) in [5.74, 6) is 0.500. The van der Waals surface area contributed by atoms with Gasteiger partial charge < -0.3 is 9.47 Å². The topological polar surface area (TPSA) is 75.5 Å². The van der Waals surface area contributed by atoms with Crippen LogP contribution in [-0.2, 0) is 23.6 Å². The van der Waals surface area contributed by atoms with Gasteiger partial charge in [0.05, 0.1) is 22.5 Å². The van der Waals surface area contributed by atoms with E-state index >= 15 is 0 Å². The van der Waals surface area contributed by atoms with Gasteiger partial charge in [0.2, 0.25) is 10.0 Å². The van der Waals surface area contributed by atoms with Crippen molar-refractivity contribution < 1.29 is 13.2 Å². The minimum Gasteiger partial charge on any atom is -0.345 e. The molecule has 0 aliphatic rings. The Hall–Kier alpha value is -2.71. The van der Waals surface area contributed by atoms with Crippen molar-refractivity contribution in [3.05, 3.63) is 58.9 Å². The van der Waals surface area contributed by atoms with Crippen LogP contribution in [0.1, 0.15) is 27.3 Å². The SMILES string of the molecule is Cc1ccc(C)c(S(=O)(=O)N(C)Cc2nc3cc(C(=O)N(C)C)ccc3n2C)c1. The lowest BCUT2D eigenvalue weighted by Gasteiger charge is -2.18. The summed E-state index contributed by atoms with van der Waals surface area (Å²) in [6.07, 6.45) is 0. The standard InChI is InChI=1S/C21H26N4O3S/c1-14-7-8-15(2)19(11-14)29(27,28)24(5)13-20-22-17-12-16(21(26)23(3)4)9-10-18(17)25(20)6/h7-12H,13H2,1-6H3. The van der Waals surface area contributed by atoms with E-state index in [1.165, 1.54) is 9.21 Å². The quantitative estimate of drug-likeness (QED) is 0.643. The number of hydrogen-bond donors (Lipinski definition) is 0. The van der Waals surface area contributed by atoms with E-state index in [4.69, 9.17) is 0 Å². The number of imidazole rings is 1. The molecule has 0 fully saturated rings. The number of aryl methyl sites for hydroxylation is 3. The van der Waals surface area contributed by atoms with Gasteiger partial charge in [-0.2, -0.15) is 4.31 Å². The zero-order valence-corrected chi connectivity index (χ0v) is 18.4. The number of carbonyl (C=O) groups excluding carboxylic acids is 1. The Morgan fingerprint density at radius 1 is 1.07 bits per heavy atom. The third-order valence-corrected chi connectivity index (χ3v) is 6.97. The van der Waals surface area contributed by atoms with Gasteiger partial charge in [0, 0.05) is 33.8 Å². The van der Waals surface area contributed by atoms with Gasteiger partial charge in [0.25, 0.3) is 5.91 Å². The van der Waals surface area contributed by atoms with Crippen molar-refractivity contribution in [2.45, 2.75) is 25.3 Å². The Kier molecular flexibility index (Phi) is 5.51. The van der Waals surface area contributed by atoms with Crippen molar-refractivity contribution in [1.29, 1.82) is 0 Å². The summed E-state index contributed by atoms with van der Waals surface area (Å²) in [4.78, 5) is 18.6. The zero-order chi connectivity index (χ0) is 21.5. The number of hydrogen-bond acceptors (Lipinski definition) is 4. The largest absolute Gasteiger partial charge is 0.345 e. The van der Waals surface area contributed by atoms with E-state index in [0.29, 0.717) is 27.4 Å². The van der Waals surface area contributed by atoms with Crippen LogP contribution in [0.15, 0.2) is 41.3 Å². The third kappa shape index (κ3) is 3.90. The summed E-state index contributed by atoms with van der Waals surface area (Å²) in [6, 6.07) is 10.7. The van der Waals surface area contributed by atoms with E-state index in [2.05, 4.69) is 4.98 Å². The first kappa shape index (κ1) is 21.0. The first-order valence-electron chi connectivity index (χ1n) is 9.23. The van der Waals surface area contributed by atoms with E-state index in [9.17, 15) is 13.2 Å². The smallest absolute Gasteiger partial charge is 0.253 e. The number of benzene rings is 2. The Morgan fingerprint density at radius 2 is 1.76 bits per heavy atom. The Bertz CT molecular complexity index is 1200. The van der Waals surface area contributed by atoms with Gasteiger partial charge in [0.15, 0.2) is 0 Å². The van der Waals surface area contributed by atoms with Crippen molar-refractivity contribution in [2.24, 2.45) is 7.05 Å². The molecule has 0 spiro atoms. The molecule has 0 saturated carbocycles. The molecule has 2 aromatic carbocycles. The second-order valence-electron chi connectivity index (χ2n) is 7.52. The molecule has 0 aliphatic heterocycles. The van der Waals surface area contributed by atoms with Gasteiger partial charge in [-0.3, -0.25) is 4.79 Å². The molecular weight excluding hydrogens is 388 g/mol. The molecule has 0 N–H and O–H groups in total. The number of amides is 1. The number of rotatable bonds is 5. The van der Waals surface area contributed by atoms with Gasteiger partial charge >= 0.3 is 0 Å². The molecule has 8 heteroatoms. The predicted octanol–water partition coefficient (Wildman–Crippen LogP) is 2.71. The van der Waals surface area contributed by atoms with Crippen molar-refractivity contribution in [2.75, 3.05) is 21.1 Å². The zero-order valence-electron chi connectivity index (χ0n) is 17.6. The van der Waals surface area contributed by atoms with Gasteiger partial charge in [-0.05, 0) is 49.2 Å². The molecule has 0 atom stereocenters. The lowest BCUT2D eigenvalue weighted by Crippen LogP contribution is -2.28. The molecule has 0 unspecified atom stereocenters. The van der Waals surface area contributed by atoms with Crippen molar-refractivity contribution in [3.8, 4) is 0 Å². The van der Waals surface area contributed by atoms with Crippen LogP contribution < -0.4 is 0 Å². The highest BCUT2D eigenvalue weighted by Crippen LogP contribution is 2.23. The highest BCUT2D eigenvalue weighted by Gasteiger charge is 2.25. The maximum Gasteiger partial charge on any atom is 0.253 e. The van der Waals surface area contributed by atoms with Crippen LogP contribution in [0.5, 0.6) is 0 Å². The van der Waals surface area contributed by atoms with Crippen LogP contribution in [0, 0.1) is 13.8 Å². The van der Waals surface area contributed by atoms with Gasteiger partial charge in [0.1, 0.15) is 5.82 Å². The molecule has 1 aromatic heterocycles. The molecule has 7 nitrogen and oxygen atoms in total. The second kappa shape index (κ2) is 7.61. The lowest BCUT2D eigenvalue weighted by atomic mass is 10.2. The first-order chi connectivity index (χ1) is 13.5. The number of aromatic nitrogens is 2. The van der Waals surface area contributed by atoms with E-state index in [1.807, 2.05) is 36.7 Å². The summed E-state index contributed by atoms with van der Waals surface area (Å²) in [6.45, 7) is 3.78. The second-order valence-corrected chi connectivity index (χ2v) is 9.53. The number of carbonyl (C=O) groups is 1. The summed E-state index contributed by atoms with van der Waals surface area (Å²) in [7, 11) is 3.13. The van der Waals surface area contributed by atoms with E-state index < -0.39 is 10.0 Å². The monoisotopic (exact) mass is 414 g/mol. The summed E-state index contributed by atoms with van der Waals surface area (Å²) >= 11 is 0. The van der Waals surface area contributed by atoms with Crippen LogP contribution in [0.4, 0.5) is 0 Å². The highest BCUT2D eigenvalue weighted by molar-refractivity contribution is 7.89. The molecule has 0 radical (unpaired) electrons. The van der Waals surface area contributed by atoms with Crippen LogP contribution in [0.2, 0.25) is 0 Å².